The fourth-order valence-electron chi connectivity index (χ4n) is 1.20. The Morgan fingerprint density at radius 2 is 2.23 bits per heavy atom. The number of nitrogens with one attached hydrogen (secondary N) is 1. The maximum Gasteiger partial charge on any atom is 0.0590 e. The molecule has 0 aromatic carbocycles. The Kier molecular flexibility index (Phi) is 5.87. The third kappa shape index (κ3) is 6.79. The minimum Gasteiger partial charge on any atom is -0.380 e. The molecule has 1 aliphatic rings. The molecule has 1 fully saturated rings. The Morgan fingerprint density at radius 3 is 2.92 bits per heavy atom. The zero-order valence-corrected chi connectivity index (χ0v) is 8.43. The van der Waals surface area contributed by atoms with Crippen LogP contribution < -0.4 is 5.32 Å². The van der Waals surface area contributed by atoms with Gasteiger partial charge in [-0.15, -0.1) is 6.58 Å². The van der Waals surface area contributed by atoms with Gasteiger partial charge < -0.3 is 10.1 Å². The Labute approximate surface area is 81.4 Å². The van der Waals surface area contributed by atoms with Gasteiger partial charge in [-0.2, -0.15) is 0 Å². The second-order valence-electron chi connectivity index (χ2n) is 3.69. The summed E-state index contributed by atoms with van der Waals surface area (Å²) in [5.74, 6) is 0.973. The average molecular weight is 183 g/mol. The summed E-state index contributed by atoms with van der Waals surface area (Å²) >= 11 is 0. The van der Waals surface area contributed by atoms with Crippen LogP contribution in [0.15, 0.2) is 12.7 Å². The summed E-state index contributed by atoms with van der Waals surface area (Å²) < 4.78 is 5.43. The number of hydrogen-bond donors (Lipinski definition) is 1. The van der Waals surface area contributed by atoms with Crippen molar-refractivity contribution < 1.29 is 4.74 Å². The van der Waals surface area contributed by atoms with Gasteiger partial charge in [-0.05, 0) is 38.1 Å². The zero-order valence-electron chi connectivity index (χ0n) is 8.43. The number of ether oxygens (including phenoxy) is 1. The number of unbranched alkanes of at least 4 members (excludes halogenated alkanes) is 1. The summed E-state index contributed by atoms with van der Waals surface area (Å²) in [6, 6.07) is 0. The van der Waals surface area contributed by atoms with Gasteiger partial charge in [0.15, 0.2) is 0 Å². The van der Waals surface area contributed by atoms with Gasteiger partial charge in [0.25, 0.3) is 0 Å². The van der Waals surface area contributed by atoms with Crippen LogP contribution in [0.1, 0.15) is 25.7 Å². The van der Waals surface area contributed by atoms with Gasteiger partial charge >= 0.3 is 0 Å². The Hall–Kier alpha value is -0.340. The molecular weight excluding hydrogens is 162 g/mol. The quantitative estimate of drug-likeness (QED) is 0.436. The Balaban J connectivity index is 1.65. The highest BCUT2D eigenvalue weighted by atomic mass is 16.5. The highest BCUT2D eigenvalue weighted by Gasteiger charge is 2.19. The maximum atomic E-state index is 5.43. The summed E-state index contributed by atoms with van der Waals surface area (Å²) in [6.07, 6.45) is 6.96. The zero-order chi connectivity index (χ0) is 9.36. The van der Waals surface area contributed by atoms with Crippen LogP contribution in [0.3, 0.4) is 0 Å². The number of rotatable bonds is 9. The molecule has 0 saturated heterocycles. The van der Waals surface area contributed by atoms with Gasteiger partial charge in [0, 0.05) is 13.2 Å². The van der Waals surface area contributed by atoms with Crippen LogP contribution in [-0.4, -0.2) is 26.3 Å². The molecule has 0 radical (unpaired) electrons. The SMILES string of the molecule is C=CCCCOCCNCC1CC1. The second-order valence-corrected chi connectivity index (χ2v) is 3.69. The minimum atomic E-state index is 0.851. The molecule has 0 aromatic rings. The van der Waals surface area contributed by atoms with Crippen molar-refractivity contribution in [2.24, 2.45) is 5.92 Å². The maximum absolute atomic E-state index is 5.43. The van der Waals surface area contributed by atoms with Crippen LogP contribution in [0.25, 0.3) is 0 Å². The predicted molar refractivity (Wildman–Crippen MR) is 55.8 cm³/mol. The van der Waals surface area contributed by atoms with E-state index >= 15 is 0 Å². The van der Waals surface area contributed by atoms with Crippen LogP contribution in [0, 0.1) is 5.92 Å². The first kappa shape index (κ1) is 10.7. The number of hydrogen-bond acceptors (Lipinski definition) is 2. The third-order valence-corrected chi connectivity index (χ3v) is 2.25. The van der Waals surface area contributed by atoms with E-state index in [-0.39, 0.29) is 0 Å². The van der Waals surface area contributed by atoms with E-state index in [2.05, 4.69) is 11.9 Å². The van der Waals surface area contributed by atoms with E-state index in [0.29, 0.717) is 0 Å². The lowest BCUT2D eigenvalue weighted by molar-refractivity contribution is 0.134. The normalized spacial score (nSPS) is 16.0. The smallest absolute Gasteiger partial charge is 0.0590 e. The van der Waals surface area contributed by atoms with E-state index in [1.807, 2.05) is 6.08 Å². The van der Waals surface area contributed by atoms with Crippen molar-refractivity contribution in [1.82, 2.24) is 5.32 Å². The van der Waals surface area contributed by atoms with Crippen molar-refractivity contribution in [2.75, 3.05) is 26.3 Å². The highest BCUT2D eigenvalue weighted by Crippen LogP contribution is 2.27. The van der Waals surface area contributed by atoms with E-state index in [1.54, 1.807) is 0 Å². The van der Waals surface area contributed by atoms with Gasteiger partial charge in [-0.1, -0.05) is 6.08 Å². The largest absolute Gasteiger partial charge is 0.380 e. The molecule has 1 N–H and O–H groups in total. The van der Waals surface area contributed by atoms with Gasteiger partial charge in [-0.25, -0.2) is 0 Å². The first-order chi connectivity index (χ1) is 6.43. The van der Waals surface area contributed by atoms with Gasteiger partial charge in [-0.3, -0.25) is 0 Å². The summed E-state index contributed by atoms with van der Waals surface area (Å²) in [5.41, 5.74) is 0. The first-order valence-electron chi connectivity index (χ1n) is 5.33. The summed E-state index contributed by atoms with van der Waals surface area (Å²) in [6.45, 7) is 7.58. The molecule has 0 heterocycles. The van der Waals surface area contributed by atoms with E-state index in [4.69, 9.17) is 4.74 Å². The lowest BCUT2D eigenvalue weighted by Gasteiger charge is -2.04. The molecule has 0 bridgehead atoms. The fourth-order valence-corrected chi connectivity index (χ4v) is 1.20. The Morgan fingerprint density at radius 1 is 1.38 bits per heavy atom. The predicted octanol–water partition coefficient (Wildman–Crippen LogP) is 1.97. The monoisotopic (exact) mass is 183 g/mol. The molecule has 13 heavy (non-hydrogen) atoms. The van der Waals surface area contributed by atoms with E-state index in [1.165, 1.54) is 19.4 Å². The standard InChI is InChI=1S/C11H21NO/c1-2-3-4-8-13-9-7-12-10-11-5-6-11/h2,11-12H,1,3-10H2. The lowest BCUT2D eigenvalue weighted by atomic mass is 10.3. The van der Waals surface area contributed by atoms with Crippen LogP contribution >= 0.6 is 0 Å². The van der Waals surface area contributed by atoms with Crippen molar-refractivity contribution >= 4 is 0 Å². The summed E-state index contributed by atoms with van der Waals surface area (Å²) in [5, 5.41) is 3.39. The first-order valence-corrected chi connectivity index (χ1v) is 5.33. The van der Waals surface area contributed by atoms with Crippen LogP contribution in [-0.2, 0) is 4.74 Å². The van der Waals surface area contributed by atoms with Gasteiger partial charge in [0.1, 0.15) is 0 Å². The number of allylic oxidation sites excluding steroid dienone is 1. The van der Waals surface area contributed by atoms with Crippen molar-refractivity contribution in [3.8, 4) is 0 Å². The van der Waals surface area contributed by atoms with Crippen LogP contribution in [0.2, 0.25) is 0 Å². The molecule has 0 atom stereocenters. The lowest BCUT2D eigenvalue weighted by Crippen LogP contribution is -2.22. The molecule has 1 rings (SSSR count). The van der Waals surface area contributed by atoms with Crippen LogP contribution in [0.5, 0.6) is 0 Å². The third-order valence-electron chi connectivity index (χ3n) is 2.25. The summed E-state index contributed by atoms with van der Waals surface area (Å²) in [4.78, 5) is 0. The van der Waals surface area contributed by atoms with Crippen molar-refractivity contribution in [3.63, 3.8) is 0 Å². The molecule has 76 valence electrons. The molecule has 1 aliphatic carbocycles. The molecule has 0 aliphatic heterocycles. The van der Waals surface area contributed by atoms with Gasteiger partial charge in [0.05, 0.1) is 6.61 Å². The van der Waals surface area contributed by atoms with Gasteiger partial charge in [0.2, 0.25) is 0 Å². The van der Waals surface area contributed by atoms with Crippen molar-refractivity contribution in [1.29, 1.82) is 0 Å². The van der Waals surface area contributed by atoms with Crippen molar-refractivity contribution in [3.05, 3.63) is 12.7 Å². The molecule has 0 aromatic heterocycles. The van der Waals surface area contributed by atoms with E-state index in [9.17, 15) is 0 Å². The molecule has 0 spiro atoms. The molecule has 0 amide bonds. The molecular formula is C11H21NO. The topological polar surface area (TPSA) is 21.3 Å². The minimum absolute atomic E-state index is 0.851. The highest BCUT2D eigenvalue weighted by molar-refractivity contribution is 4.74. The molecule has 1 saturated carbocycles. The average Bonchev–Trinajstić information content (AvgIpc) is 2.93. The molecule has 0 unspecified atom stereocenters. The summed E-state index contributed by atoms with van der Waals surface area (Å²) in [7, 11) is 0. The van der Waals surface area contributed by atoms with E-state index < -0.39 is 0 Å². The van der Waals surface area contributed by atoms with E-state index in [0.717, 1.165) is 38.5 Å². The fraction of sp³-hybridized carbons (Fsp3) is 0.818. The molecule has 2 heteroatoms. The van der Waals surface area contributed by atoms with Crippen molar-refractivity contribution in [2.45, 2.75) is 25.7 Å². The van der Waals surface area contributed by atoms with Crippen LogP contribution in [0.4, 0.5) is 0 Å². The molecule has 2 nitrogen and oxygen atoms in total. The second kappa shape index (κ2) is 7.10. The Bertz CT molecular complexity index is 132.